The Morgan fingerprint density at radius 2 is 1.92 bits per heavy atom. The van der Waals surface area contributed by atoms with Crippen LogP contribution >= 0.6 is 24.2 Å². The number of rotatable bonds is 6. The smallest absolute Gasteiger partial charge is 0.169 e. The van der Waals surface area contributed by atoms with Crippen LogP contribution in [0.2, 0.25) is 0 Å². The summed E-state index contributed by atoms with van der Waals surface area (Å²) >= 11 is 1.75. The summed E-state index contributed by atoms with van der Waals surface area (Å²) in [4.78, 5) is 4.73. The van der Waals surface area contributed by atoms with Gasteiger partial charge in [-0.3, -0.25) is 0 Å². The van der Waals surface area contributed by atoms with E-state index in [0.29, 0.717) is 6.61 Å². The van der Waals surface area contributed by atoms with E-state index in [4.69, 9.17) is 9.72 Å². The lowest BCUT2D eigenvalue weighted by atomic mass is 10.1. The molecule has 0 aliphatic rings. The first-order valence-corrected chi connectivity index (χ1v) is 8.95. The molecule has 0 radical (unpaired) electrons. The zero-order valence-corrected chi connectivity index (χ0v) is 15.9. The monoisotopic (exact) mass is 362 g/mol. The number of hydrogen-bond acceptors (Lipinski definition) is 3. The summed E-state index contributed by atoms with van der Waals surface area (Å²) in [6.07, 6.45) is 0. The fraction of sp³-hybridized carbons (Fsp3) is 0.316. The molecule has 0 saturated heterocycles. The molecule has 3 nitrogen and oxygen atoms in total. The zero-order chi connectivity index (χ0) is 16.2. The van der Waals surface area contributed by atoms with Gasteiger partial charge in [-0.25, -0.2) is 4.98 Å². The minimum Gasteiger partial charge on any atom is -0.492 e. The average molecular weight is 363 g/mol. The van der Waals surface area contributed by atoms with Crippen molar-refractivity contribution in [3.05, 3.63) is 53.6 Å². The van der Waals surface area contributed by atoms with E-state index in [2.05, 4.69) is 61.7 Å². The van der Waals surface area contributed by atoms with Gasteiger partial charge in [-0.15, -0.1) is 12.4 Å². The molecule has 3 aromatic rings. The van der Waals surface area contributed by atoms with Gasteiger partial charge in [0.05, 0.1) is 17.6 Å². The van der Waals surface area contributed by atoms with E-state index in [9.17, 15) is 0 Å². The molecule has 2 aromatic carbocycles. The number of aryl methyl sites for hydroxylation is 3. The van der Waals surface area contributed by atoms with E-state index in [1.807, 2.05) is 6.07 Å². The van der Waals surface area contributed by atoms with E-state index in [-0.39, 0.29) is 12.4 Å². The fourth-order valence-corrected chi connectivity index (χ4v) is 3.51. The summed E-state index contributed by atoms with van der Waals surface area (Å²) in [6.45, 7) is 7.94. The number of fused-ring (bicyclic) bond motifs is 1. The van der Waals surface area contributed by atoms with Crippen molar-refractivity contribution in [3.8, 4) is 5.75 Å². The predicted octanol–water partition coefficient (Wildman–Crippen LogP) is 5.27. The maximum Gasteiger partial charge on any atom is 0.169 e. The normalized spacial score (nSPS) is 10.6. The van der Waals surface area contributed by atoms with Crippen molar-refractivity contribution < 1.29 is 4.74 Å². The van der Waals surface area contributed by atoms with Crippen molar-refractivity contribution in [2.24, 2.45) is 0 Å². The first-order chi connectivity index (χ1) is 11.2. The van der Waals surface area contributed by atoms with Crippen LogP contribution in [0.5, 0.6) is 5.75 Å². The molecule has 0 bridgehead atoms. The van der Waals surface area contributed by atoms with E-state index >= 15 is 0 Å². The molecule has 0 amide bonds. The molecule has 1 aromatic heterocycles. The molecule has 24 heavy (non-hydrogen) atoms. The van der Waals surface area contributed by atoms with Crippen LogP contribution in [0.3, 0.4) is 0 Å². The molecule has 0 aliphatic heterocycles. The summed E-state index contributed by atoms with van der Waals surface area (Å²) in [5.74, 6) is 1.87. The predicted molar refractivity (Wildman–Crippen MR) is 105 cm³/mol. The second-order valence-electron chi connectivity index (χ2n) is 5.59. The number of nitrogens with zero attached hydrogens (tertiary/aromatic N) is 2. The lowest BCUT2D eigenvalue weighted by Gasteiger charge is -2.10. The highest BCUT2D eigenvalue weighted by Gasteiger charge is 2.09. The first kappa shape index (κ1) is 18.7. The van der Waals surface area contributed by atoms with Crippen LogP contribution < -0.4 is 4.74 Å². The van der Waals surface area contributed by atoms with E-state index in [1.54, 1.807) is 11.8 Å². The Morgan fingerprint density at radius 3 is 2.71 bits per heavy atom. The number of aromatic nitrogens is 2. The van der Waals surface area contributed by atoms with Crippen LogP contribution in [0.25, 0.3) is 11.0 Å². The number of benzene rings is 2. The molecule has 0 unspecified atom stereocenters. The third kappa shape index (κ3) is 4.05. The standard InChI is InChI=1S/C19H22N2OS.ClH/c1-4-21-17-8-6-5-7-16(17)20-19(21)23-12-11-22-18-13-14(2)9-10-15(18)3;/h5-10,13H,4,11-12H2,1-3H3;1H. The molecular formula is C19H23ClN2OS. The Labute approximate surface area is 153 Å². The Hall–Kier alpha value is -1.65. The van der Waals surface area contributed by atoms with Gasteiger partial charge in [-0.2, -0.15) is 0 Å². The van der Waals surface area contributed by atoms with Gasteiger partial charge in [-0.1, -0.05) is 36.0 Å². The van der Waals surface area contributed by atoms with E-state index in [0.717, 1.165) is 28.7 Å². The molecule has 0 fully saturated rings. The van der Waals surface area contributed by atoms with Crippen LogP contribution in [0.15, 0.2) is 47.6 Å². The molecule has 128 valence electrons. The maximum atomic E-state index is 5.93. The zero-order valence-electron chi connectivity index (χ0n) is 14.3. The summed E-state index contributed by atoms with van der Waals surface area (Å²) in [6, 6.07) is 14.6. The molecule has 1 heterocycles. The third-order valence-corrected chi connectivity index (χ3v) is 4.79. The van der Waals surface area contributed by atoms with Gasteiger partial charge < -0.3 is 9.30 Å². The number of thioether (sulfide) groups is 1. The van der Waals surface area contributed by atoms with Crippen molar-refractivity contribution in [3.63, 3.8) is 0 Å². The molecular weight excluding hydrogens is 340 g/mol. The minimum atomic E-state index is 0. The Balaban J connectivity index is 0.00000208. The molecule has 0 N–H and O–H groups in total. The fourth-order valence-electron chi connectivity index (χ4n) is 2.62. The van der Waals surface area contributed by atoms with Crippen LogP contribution in [-0.4, -0.2) is 21.9 Å². The number of hydrogen-bond donors (Lipinski definition) is 0. The highest BCUT2D eigenvalue weighted by Crippen LogP contribution is 2.24. The van der Waals surface area contributed by atoms with Gasteiger partial charge in [0.1, 0.15) is 5.75 Å². The number of halogens is 1. The number of para-hydroxylation sites is 2. The minimum absolute atomic E-state index is 0. The summed E-state index contributed by atoms with van der Waals surface area (Å²) in [5, 5.41) is 1.07. The molecule has 3 rings (SSSR count). The van der Waals surface area contributed by atoms with Crippen LogP contribution in [0.4, 0.5) is 0 Å². The van der Waals surface area contributed by atoms with Gasteiger partial charge in [-0.05, 0) is 50.1 Å². The quantitative estimate of drug-likeness (QED) is 0.441. The molecule has 0 saturated carbocycles. The van der Waals surface area contributed by atoms with Crippen LogP contribution in [0.1, 0.15) is 18.1 Å². The SMILES string of the molecule is CCn1c(SCCOc2cc(C)ccc2C)nc2ccccc21.Cl. The number of ether oxygens (including phenoxy) is 1. The Morgan fingerprint density at radius 1 is 1.12 bits per heavy atom. The Kier molecular flexibility index (Phi) is 6.58. The average Bonchev–Trinajstić information content (AvgIpc) is 2.92. The summed E-state index contributed by atoms with van der Waals surface area (Å²) in [5.41, 5.74) is 4.67. The maximum absolute atomic E-state index is 5.93. The van der Waals surface area contributed by atoms with E-state index in [1.165, 1.54) is 16.6 Å². The molecule has 5 heteroatoms. The number of imidazole rings is 1. The highest BCUT2D eigenvalue weighted by molar-refractivity contribution is 7.99. The molecule has 0 aliphatic carbocycles. The van der Waals surface area contributed by atoms with Crippen molar-refractivity contribution in [1.29, 1.82) is 0 Å². The largest absolute Gasteiger partial charge is 0.492 e. The van der Waals surface area contributed by atoms with Crippen LogP contribution in [-0.2, 0) is 6.54 Å². The van der Waals surface area contributed by atoms with Gasteiger partial charge in [0.2, 0.25) is 0 Å². The Bertz CT molecular complexity index is 816. The van der Waals surface area contributed by atoms with Crippen molar-refractivity contribution in [2.75, 3.05) is 12.4 Å². The van der Waals surface area contributed by atoms with Crippen molar-refractivity contribution >= 4 is 35.2 Å². The topological polar surface area (TPSA) is 27.1 Å². The second kappa shape index (κ2) is 8.45. The van der Waals surface area contributed by atoms with E-state index < -0.39 is 0 Å². The molecule has 0 atom stereocenters. The van der Waals surface area contributed by atoms with Gasteiger partial charge in [0.25, 0.3) is 0 Å². The van der Waals surface area contributed by atoms with Crippen LogP contribution in [0, 0.1) is 13.8 Å². The van der Waals surface area contributed by atoms with Crippen molar-refractivity contribution in [1.82, 2.24) is 9.55 Å². The van der Waals surface area contributed by atoms with Gasteiger partial charge in [0, 0.05) is 12.3 Å². The van der Waals surface area contributed by atoms with Crippen molar-refractivity contribution in [2.45, 2.75) is 32.5 Å². The first-order valence-electron chi connectivity index (χ1n) is 7.97. The summed E-state index contributed by atoms with van der Waals surface area (Å²) in [7, 11) is 0. The highest BCUT2D eigenvalue weighted by atomic mass is 35.5. The second-order valence-corrected chi connectivity index (χ2v) is 6.66. The summed E-state index contributed by atoms with van der Waals surface area (Å²) < 4.78 is 8.19. The lowest BCUT2D eigenvalue weighted by Crippen LogP contribution is -2.03. The lowest BCUT2D eigenvalue weighted by molar-refractivity contribution is 0.341. The molecule has 0 spiro atoms. The third-order valence-electron chi connectivity index (χ3n) is 3.85. The van der Waals surface area contributed by atoms with Gasteiger partial charge in [0.15, 0.2) is 5.16 Å². The van der Waals surface area contributed by atoms with Gasteiger partial charge >= 0.3 is 0 Å².